The Hall–Kier alpha value is -1.84. The fourth-order valence-electron chi connectivity index (χ4n) is 2.10. The SMILES string of the molecule is CC(C)(C)OC(=O)[C@@H]1C[C@H]1c1ccc(C(N)=O)cc1. The zero-order valence-electron chi connectivity index (χ0n) is 11.5. The van der Waals surface area contributed by atoms with E-state index in [-0.39, 0.29) is 17.8 Å². The fourth-order valence-corrected chi connectivity index (χ4v) is 2.10. The maximum Gasteiger partial charge on any atom is 0.310 e. The van der Waals surface area contributed by atoms with Gasteiger partial charge in [0.2, 0.25) is 5.91 Å². The van der Waals surface area contributed by atoms with Crippen LogP contribution in [-0.4, -0.2) is 17.5 Å². The molecule has 2 N–H and O–H groups in total. The van der Waals surface area contributed by atoms with Crippen LogP contribution in [0.2, 0.25) is 0 Å². The molecular formula is C15H19NO3. The van der Waals surface area contributed by atoms with Gasteiger partial charge in [-0.3, -0.25) is 9.59 Å². The second-order valence-corrected chi connectivity index (χ2v) is 5.97. The largest absolute Gasteiger partial charge is 0.460 e. The van der Waals surface area contributed by atoms with Gasteiger partial charge in [-0.15, -0.1) is 0 Å². The minimum Gasteiger partial charge on any atom is -0.460 e. The predicted molar refractivity (Wildman–Crippen MR) is 71.7 cm³/mol. The molecule has 19 heavy (non-hydrogen) atoms. The number of hydrogen-bond donors (Lipinski definition) is 1. The Bertz CT molecular complexity index is 499. The maximum atomic E-state index is 11.9. The zero-order valence-corrected chi connectivity index (χ0v) is 11.5. The number of hydrogen-bond acceptors (Lipinski definition) is 3. The quantitative estimate of drug-likeness (QED) is 0.848. The van der Waals surface area contributed by atoms with Gasteiger partial charge in [0.25, 0.3) is 0 Å². The minimum absolute atomic E-state index is 0.0568. The third kappa shape index (κ3) is 3.34. The van der Waals surface area contributed by atoms with E-state index < -0.39 is 11.5 Å². The summed E-state index contributed by atoms with van der Waals surface area (Å²) < 4.78 is 5.36. The van der Waals surface area contributed by atoms with Crippen LogP contribution in [0.15, 0.2) is 24.3 Å². The summed E-state index contributed by atoms with van der Waals surface area (Å²) in [6.45, 7) is 5.60. The molecule has 0 radical (unpaired) electrons. The molecule has 1 amide bonds. The van der Waals surface area contributed by atoms with E-state index in [0.717, 1.165) is 12.0 Å². The van der Waals surface area contributed by atoms with Crippen molar-refractivity contribution in [2.45, 2.75) is 38.7 Å². The van der Waals surface area contributed by atoms with Crippen molar-refractivity contribution in [2.24, 2.45) is 11.7 Å². The lowest BCUT2D eigenvalue weighted by atomic mass is 10.1. The molecule has 0 saturated heterocycles. The Morgan fingerprint density at radius 3 is 2.26 bits per heavy atom. The summed E-state index contributed by atoms with van der Waals surface area (Å²) in [4.78, 5) is 22.9. The van der Waals surface area contributed by atoms with E-state index in [9.17, 15) is 9.59 Å². The second kappa shape index (κ2) is 4.68. The third-order valence-corrected chi connectivity index (χ3v) is 3.12. The molecule has 0 aliphatic heterocycles. The number of primary amides is 1. The first kappa shape index (κ1) is 13.6. The smallest absolute Gasteiger partial charge is 0.310 e. The molecule has 1 saturated carbocycles. The van der Waals surface area contributed by atoms with Crippen LogP contribution in [0.5, 0.6) is 0 Å². The predicted octanol–water partition coefficient (Wildman–Crippen LogP) is 2.23. The summed E-state index contributed by atoms with van der Waals surface area (Å²) in [6.07, 6.45) is 0.810. The summed E-state index contributed by atoms with van der Waals surface area (Å²) in [5.41, 5.74) is 6.28. The van der Waals surface area contributed by atoms with Crippen LogP contribution in [0.1, 0.15) is 49.0 Å². The van der Waals surface area contributed by atoms with Gasteiger partial charge in [-0.25, -0.2) is 0 Å². The molecule has 1 aliphatic rings. The Morgan fingerprint density at radius 2 is 1.79 bits per heavy atom. The highest BCUT2D eigenvalue weighted by molar-refractivity contribution is 5.92. The van der Waals surface area contributed by atoms with E-state index in [4.69, 9.17) is 10.5 Å². The standard InChI is InChI=1S/C15H19NO3/c1-15(2,3)19-14(18)12-8-11(12)9-4-6-10(7-5-9)13(16)17/h4-7,11-12H,8H2,1-3H3,(H2,16,17)/t11-,12+/m0/s1. The Balaban J connectivity index is 1.99. The van der Waals surface area contributed by atoms with Crippen molar-refractivity contribution in [1.29, 1.82) is 0 Å². The molecular weight excluding hydrogens is 242 g/mol. The van der Waals surface area contributed by atoms with Crippen LogP contribution in [0, 0.1) is 5.92 Å². The first-order valence-electron chi connectivity index (χ1n) is 6.40. The lowest BCUT2D eigenvalue weighted by Crippen LogP contribution is -2.25. The van der Waals surface area contributed by atoms with Gasteiger partial charge in [0, 0.05) is 5.56 Å². The number of amides is 1. The monoisotopic (exact) mass is 261 g/mol. The van der Waals surface area contributed by atoms with Gasteiger partial charge in [-0.05, 0) is 50.8 Å². The third-order valence-electron chi connectivity index (χ3n) is 3.12. The van der Waals surface area contributed by atoms with Gasteiger partial charge < -0.3 is 10.5 Å². The highest BCUT2D eigenvalue weighted by Gasteiger charge is 2.46. The molecule has 0 bridgehead atoms. The summed E-state index contributed by atoms with van der Waals surface area (Å²) in [5, 5.41) is 0. The van der Waals surface area contributed by atoms with Crippen molar-refractivity contribution in [1.82, 2.24) is 0 Å². The topological polar surface area (TPSA) is 69.4 Å². The highest BCUT2D eigenvalue weighted by atomic mass is 16.6. The molecule has 1 aliphatic carbocycles. The summed E-state index contributed by atoms with van der Waals surface area (Å²) >= 11 is 0. The number of rotatable bonds is 3. The lowest BCUT2D eigenvalue weighted by molar-refractivity contribution is -0.156. The highest BCUT2D eigenvalue weighted by Crippen LogP contribution is 2.48. The van der Waals surface area contributed by atoms with E-state index in [0.29, 0.717) is 5.56 Å². The molecule has 0 aromatic heterocycles. The van der Waals surface area contributed by atoms with Crippen molar-refractivity contribution in [3.05, 3.63) is 35.4 Å². The Labute approximate surface area is 112 Å². The fraction of sp³-hybridized carbons (Fsp3) is 0.467. The minimum atomic E-state index is -0.444. The molecule has 0 spiro atoms. The van der Waals surface area contributed by atoms with Crippen LogP contribution in [0.25, 0.3) is 0 Å². The Morgan fingerprint density at radius 1 is 1.21 bits per heavy atom. The van der Waals surface area contributed by atoms with Crippen molar-refractivity contribution in [3.63, 3.8) is 0 Å². The van der Waals surface area contributed by atoms with Crippen molar-refractivity contribution in [2.75, 3.05) is 0 Å². The van der Waals surface area contributed by atoms with Crippen LogP contribution in [-0.2, 0) is 9.53 Å². The van der Waals surface area contributed by atoms with E-state index in [1.165, 1.54) is 0 Å². The molecule has 102 valence electrons. The first-order valence-corrected chi connectivity index (χ1v) is 6.40. The van der Waals surface area contributed by atoms with Crippen molar-refractivity contribution < 1.29 is 14.3 Å². The molecule has 4 nitrogen and oxygen atoms in total. The Kier molecular flexibility index (Phi) is 3.35. The lowest BCUT2D eigenvalue weighted by Gasteiger charge is -2.19. The van der Waals surface area contributed by atoms with Gasteiger partial charge in [-0.1, -0.05) is 12.1 Å². The molecule has 0 unspecified atom stereocenters. The number of nitrogens with two attached hydrogens (primary N) is 1. The van der Waals surface area contributed by atoms with E-state index >= 15 is 0 Å². The van der Waals surface area contributed by atoms with Crippen molar-refractivity contribution in [3.8, 4) is 0 Å². The van der Waals surface area contributed by atoms with E-state index in [1.807, 2.05) is 32.9 Å². The number of esters is 1. The van der Waals surface area contributed by atoms with E-state index in [2.05, 4.69) is 0 Å². The molecule has 4 heteroatoms. The summed E-state index contributed by atoms with van der Waals surface area (Å²) in [7, 11) is 0. The zero-order chi connectivity index (χ0) is 14.2. The average molecular weight is 261 g/mol. The average Bonchev–Trinajstić information content (AvgIpc) is 3.06. The molecule has 1 aromatic carbocycles. The number of carbonyl (C=O) groups is 2. The van der Waals surface area contributed by atoms with Gasteiger partial charge in [0.05, 0.1) is 5.92 Å². The number of carbonyl (C=O) groups excluding carboxylic acids is 2. The van der Waals surface area contributed by atoms with Gasteiger partial charge in [0.1, 0.15) is 5.60 Å². The van der Waals surface area contributed by atoms with Gasteiger partial charge in [-0.2, -0.15) is 0 Å². The van der Waals surface area contributed by atoms with Crippen molar-refractivity contribution >= 4 is 11.9 Å². The van der Waals surface area contributed by atoms with Gasteiger partial charge >= 0.3 is 5.97 Å². The summed E-state index contributed by atoms with van der Waals surface area (Å²) in [5.74, 6) is -0.432. The van der Waals surface area contributed by atoms with Crippen LogP contribution >= 0.6 is 0 Å². The molecule has 2 rings (SSSR count). The molecule has 1 aromatic rings. The van der Waals surface area contributed by atoms with Crippen LogP contribution in [0.3, 0.4) is 0 Å². The van der Waals surface area contributed by atoms with Crippen LogP contribution < -0.4 is 5.73 Å². The summed E-state index contributed by atoms with van der Waals surface area (Å²) in [6, 6.07) is 7.11. The first-order chi connectivity index (χ1) is 8.78. The normalized spacial score (nSPS) is 21.8. The number of benzene rings is 1. The number of ether oxygens (including phenoxy) is 1. The van der Waals surface area contributed by atoms with E-state index in [1.54, 1.807) is 12.1 Å². The molecule has 1 fully saturated rings. The van der Waals surface area contributed by atoms with Crippen LogP contribution in [0.4, 0.5) is 0 Å². The van der Waals surface area contributed by atoms with Gasteiger partial charge in [0.15, 0.2) is 0 Å². The second-order valence-electron chi connectivity index (χ2n) is 5.97. The molecule has 0 heterocycles. The maximum absolute atomic E-state index is 11.9. The molecule has 2 atom stereocenters.